The molecule has 0 radical (unpaired) electrons. The third-order valence-corrected chi connectivity index (χ3v) is 3.51. The smallest absolute Gasteiger partial charge is 0.255 e. The lowest BCUT2D eigenvalue weighted by atomic mass is 10.1. The van der Waals surface area contributed by atoms with Gasteiger partial charge in [0.1, 0.15) is 5.75 Å². The van der Waals surface area contributed by atoms with Gasteiger partial charge in [-0.1, -0.05) is 0 Å². The van der Waals surface area contributed by atoms with Crippen LogP contribution in [0.3, 0.4) is 0 Å². The number of nitrogens with one attached hydrogen (secondary N) is 3. The summed E-state index contributed by atoms with van der Waals surface area (Å²) in [4.78, 5) is 29.3. The van der Waals surface area contributed by atoms with Crippen LogP contribution in [-0.2, 0) is 11.2 Å². The van der Waals surface area contributed by atoms with Gasteiger partial charge in [0.2, 0.25) is 5.91 Å². The molecular formula is C16H19N3O3S. The molecule has 2 aromatic rings. The number of aromatic amines is 2. The van der Waals surface area contributed by atoms with Crippen LogP contribution in [0.25, 0.3) is 0 Å². The van der Waals surface area contributed by atoms with E-state index in [1.54, 1.807) is 31.2 Å². The Morgan fingerprint density at radius 1 is 1.26 bits per heavy atom. The first kappa shape index (κ1) is 17.0. The fraction of sp³-hybridized carbons (Fsp3) is 0.312. The molecular weight excluding hydrogens is 314 g/mol. The third-order valence-electron chi connectivity index (χ3n) is 3.31. The minimum Gasteiger partial charge on any atom is -0.494 e. The van der Waals surface area contributed by atoms with Crippen molar-refractivity contribution in [2.45, 2.75) is 26.7 Å². The standard InChI is InChI=1S/C16H19N3O3S/c1-3-22-12-6-4-11(5-7-12)18-14(20)9-8-13-10(2)17-16(23)19-15(13)21/h4-7H,3,8-9H2,1-2H3,(H,18,20)(H2,17,19,21,23). The van der Waals surface area contributed by atoms with Crippen LogP contribution in [0, 0.1) is 11.7 Å². The van der Waals surface area contributed by atoms with E-state index in [1.165, 1.54) is 0 Å². The van der Waals surface area contributed by atoms with Crippen molar-refractivity contribution < 1.29 is 9.53 Å². The maximum atomic E-state index is 12.0. The normalized spacial score (nSPS) is 10.3. The van der Waals surface area contributed by atoms with E-state index in [9.17, 15) is 9.59 Å². The monoisotopic (exact) mass is 333 g/mol. The molecule has 0 aliphatic heterocycles. The molecule has 0 atom stereocenters. The maximum Gasteiger partial charge on any atom is 0.255 e. The lowest BCUT2D eigenvalue weighted by Gasteiger charge is -2.08. The van der Waals surface area contributed by atoms with Gasteiger partial charge in [-0.05, 0) is 56.8 Å². The number of aryl methyl sites for hydroxylation is 1. The quantitative estimate of drug-likeness (QED) is 0.709. The molecule has 6 nitrogen and oxygen atoms in total. The highest BCUT2D eigenvalue weighted by atomic mass is 32.1. The van der Waals surface area contributed by atoms with Crippen LogP contribution in [0.15, 0.2) is 29.1 Å². The molecule has 7 heteroatoms. The second-order valence-corrected chi connectivity index (χ2v) is 5.43. The zero-order valence-electron chi connectivity index (χ0n) is 13.1. The van der Waals surface area contributed by atoms with Crippen molar-refractivity contribution in [3.8, 4) is 5.75 Å². The minimum absolute atomic E-state index is 0.157. The number of carbonyl (C=O) groups excluding carboxylic acids is 1. The highest BCUT2D eigenvalue weighted by Crippen LogP contribution is 2.16. The SMILES string of the molecule is CCOc1ccc(NC(=O)CCc2c(C)[nH]c(=S)[nH]c2=O)cc1. The van der Waals surface area contributed by atoms with Gasteiger partial charge in [0.25, 0.3) is 5.56 Å². The van der Waals surface area contributed by atoms with E-state index in [4.69, 9.17) is 17.0 Å². The summed E-state index contributed by atoms with van der Waals surface area (Å²) >= 11 is 4.90. The molecule has 0 saturated heterocycles. The fourth-order valence-corrected chi connectivity index (χ4v) is 2.44. The van der Waals surface area contributed by atoms with Crippen LogP contribution in [-0.4, -0.2) is 22.5 Å². The number of anilines is 1. The minimum atomic E-state index is -0.250. The number of benzene rings is 1. The van der Waals surface area contributed by atoms with Crippen LogP contribution in [0.2, 0.25) is 0 Å². The van der Waals surface area contributed by atoms with Crippen molar-refractivity contribution in [2.75, 3.05) is 11.9 Å². The van der Waals surface area contributed by atoms with Crippen LogP contribution >= 0.6 is 12.2 Å². The summed E-state index contributed by atoms with van der Waals surface area (Å²) in [6, 6.07) is 7.15. The van der Waals surface area contributed by atoms with Gasteiger partial charge in [-0.2, -0.15) is 0 Å². The number of hydrogen-bond acceptors (Lipinski definition) is 4. The van der Waals surface area contributed by atoms with Crippen LogP contribution in [0.5, 0.6) is 5.75 Å². The number of ether oxygens (including phenoxy) is 1. The number of amides is 1. The third kappa shape index (κ3) is 4.79. The Hall–Kier alpha value is -2.41. The molecule has 1 amide bonds. The first-order chi connectivity index (χ1) is 11.0. The number of hydrogen-bond donors (Lipinski definition) is 3. The first-order valence-electron chi connectivity index (χ1n) is 7.34. The molecule has 0 spiro atoms. The Labute approximate surface area is 138 Å². The highest BCUT2D eigenvalue weighted by molar-refractivity contribution is 7.71. The second kappa shape index (κ2) is 7.73. The van der Waals surface area contributed by atoms with E-state index in [2.05, 4.69) is 15.3 Å². The summed E-state index contributed by atoms with van der Waals surface area (Å²) in [6.07, 6.45) is 0.553. The average Bonchev–Trinajstić information content (AvgIpc) is 2.48. The molecule has 0 unspecified atom stereocenters. The number of H-pyrrole nitrogens is 2. The van der Waals surface area contributed by atoms with Gasteiger partial charge in [-0.25, -0.2) is 0 Å². The molecule has 3 N–H and O–H groups in total. The van der Waals surface area contributed by atoms with Crippen molar-refractivity contribution in [3.63, 3.8) is 0 Å². The Kier molecular flexibility index (Phi) is 5.70. The van der Waals surface area contributed by atoms with Gasteiger partial charge in [-0.15, -0.1) is 0 Å². The summed E-state index contributed by atoms with van der Waals surface area (Å²) in [7, 11) is 0. The van der Waals surface area contributed by atoms with Gasteiger partial charge in [0.05, 0.1) is 6.61 Å². The van der Waals surface area contributed by atoms with Crippen LogP contribution < -0.4 is 15.6 Å². The summed E-state index contributed by atoms with van der Waals surface area (Å²) < 4.78 is 5.63. The molecule has 1 aromatic heterocycles. The van der Waals surface area contributed by atoms with Gasteiger partial charge < -0.3 is 15.0 Å². The molecule has 0 aliphatic carbocycles. The number of carbonyl (C=O) groups is 1. The Bertz CT molecular complexity index is 793. The van der Waals surface area contributed by atoms with Crippen molar-refractivity contribution in [3.05, 3.63) is 50.6 Å². The van der Waals surface area contributed by atoms with Gasteiger partial charge in [0, 0.05) is 23.4 Å². The first-order valence-corrected chi connectivity index (χ1v) is 7.75. The molecule has 122 valence electrons. The zero-order valence-corrected chi connectivity index (χ0v) is 13.9. The lowest BCUT2D eigenvalue weighted by Crippen LogP contribution is -2.19. The van der Waals surface area contributed by atoms with E-state index >= 15 is 0 Å². The zero-order chi connectivity index (χ0) is 16.8. The second-order valence-electron chi connectivity index (χ2n) is 5.02. The van der Waals surface area contributed by atoms with Crippen LogP contribution in [0.4, 0.5) is 5.69 Å². The number of aromatic nitrogens is 2. The molecule has 0 aliphatic rings. The Morgan fingerprint density at radius 2 is 1.96 bits per heavy atom. The predicted octanol–water partition coefficient (Wildman–Crippen LogP) is 2.71. The van der Waals surface area contributed by atoms with Crippen molar-refractivity contribution in [2.24, 2.45) is 0 Å². The maximum absolute atomic E-state index is 12.0. The van der Waals surface area contributed by atoms with Crippen molar-refractivity contribution in [1.82, 2.24) is 9.97 Å². The van der Waals surface area contributed by atoms with Crippen molar-refractivity contribution >= 4 is 23.8 Å². The predicted molar refractivity (Wildman–Crippen MR) is 91.5 cm³/mol. The molecule has 1 heterocycles. The van der Waals surface area contributed by atoms with Gasteiger partial charge in [0.15, 0.2) is 4.77 Å². The van der Waals surface area contributed by atoms with Gasteiger partial charge >= 0.3 is 0 Å². The highest BCUT2D eigenvalue weighted by Gasteiger charge is 2.09. The molecule has 0 bridgehead atoms. The van der Waals surface area contributed by atoms with E-state index in [1.807, 2.05) is 6.92 Å². The summed E-state index contributed by atoms with van der Waals surface area (Å²) in [5, 5.41) is 2.79. The van der Waals surface area contributed by atoms with Crippen LogP contribution in [0.1, 0.15) is 24.6 Å². The topological polar surface area (TPSA) is 87.0 Å². The number of rotatable bonds is 6. The summed E-state index contributed by atoms with van der Waals surface area (Å²) in [6.45, 7) is 4.28. The van der Waals surface area contributed by atoms with E-state index in [0.717, 1.165) is 5.75 Å². The molecule has 0 fully saturated rings. The molecule has 23 heavy (non-hydrogen) atoms. The molecule has 1 aromatic carbocycles. The molecule has 2 rings (SSSR count). The summed E-state index contributed by atoms with van der Waals surface area (Å²) in [5.74, 6) is 0.600. The molecule has 0 saturated carbocycles. The van der Waals surface area contributed by atoms with Crippen molar-refractivity contribution in [1.29, 1.82) is 0 Å². The lowest BCUT2D eigenvalue weighted by molar-refractivity contribution is -0.116. The van der Waals surface area contributed by atoms with E-state index in [-0.39, 0.29) is 22.7 Å². The average molecular weight is 333 g/mol. The van der Waals surface area contributed by atoms with E-state index in [0.29, 0.717) is 30.0 Å². The largest absolute Gasteiger partial charge is 0.494 e. The fourth-order valence-electron chi connectivity index (χ4n) is 2.19. The van der Waals surface area contributed by atoms with E-state index < -0.39 is 0 Å². The van der Waals surface area contributed by atoms with Gasteiger partial charge in [-0.3, -0.25) is 14.6 Å². The summed E-state index contributed by atoms with van der Waals surface area (Å²) in [5.41, 5.74) is 1.67. The Balaban J connectivity index is 1.95. The Morgan fingerprint density at radius 3 is 2.57 bits per heavy atom.